The second-order valence-electron chi connectivity index (χ2n) is 2.94. The summed E-state index contributed by atoms with van der Waals surface area (Å²) in [5.41, 5.74) is -2.54. The van der Waals surface area contributed by atoms with Gasteiger partial charge in [0.15, 0.2) is 0 Å². The van der Waals surface area contributed by atoms with Gasteiger partial charge in [-0.05, 0) is 23.5 Å². The number of halogens is 6. The number of hydrogen-bond acceptors (Lipinski definition) is 0. The average molecular weight is 278 g/mol. The Balaban J connectivity index is 3.33. The summed E-state index contributed by atoms with van der Waals surface area (Å²) in [7, 11) is 1.91. The standard InChI is InChI=1S/C8H6F6P2/c9-7(10,11)4-1-5(8(12,13)14)3-6(2-4)16-15/h1-3,16H,15H2. The molecule has 0 nitrogen and oxygen atoms in total. The van der Waals surface area contributed by atoms with E-state index >= 15 is 0 Å². The third-order valence-corrected chi connectivity index (χ3v) is 3.38. The highest BCUT2D eigenvalue weighted by atomic mass is 32.0. The van der Waals surface area contributed by atoms with Gasteiger partial charge in [-0.2, -0.15) is 26.3 Å². The lowest BCUT2D eigenvalue weighted by atomic mass is 10.1. The normalized spacial score (nSPS) is 13.7. The molecule has 0 amide bonds. The summed E-state index contributed by atoms with van der Waals surface area (Å²) in [4.78, 5) is 0. The van der Waals surface area contributed by atoms with Crippen molar-refractivity contribution in [1.29, 1.82) is 0 Å². The first-order valence-electron chi connectivity index (χ1n) is 3.90. The van der Waals surface area contributed by atoms with Crippen LogP contribution >= 0.6 is 17.2 Å². The largest absolute Gasteiger partial charge is 0.416 e. The maximum absolute atomic E-state index is 12.3. The highest BCUT2D eigenvalue weighted by Crippen LogP contribution is 2.36. The van der Waals surface area contributed by atoms with Gasteiger partial charge < -0.3 is 0 Å². The van der Waals surface area contributed by atoms with Crippen LogP contribution in [0.25, 0.3) is 0 Å². The summed E-state index contributed by atoms with van der Waals surface area (Å²) in [5.74, 6) is 0. The zero-order valence-electron chi connectivity index (χ0n) is 7.58. The van der Waals surface area contributed by atoms with Crippen LogP contribution in [0.4, 0.5) is 26.3 Å². The van der Waals surface area contributed by atoms with Crippen LogP contribution in [0.2, 0.25) is 0 Å². The topological polar surface area (TPSA) is 0 Å². The molecule has 0 saturated carbocycles. The van der Waals surface area contributed by atoms with Crippen molar-refractivity contribution in [3.63, 3.8) is 0 Å². The summed E-state index contributed by atoms with van der Waals surface area (Å²) in [6, 6.07) is 1.57. The molecule has 0 aliphatic heterocycles. The minimum Gasteiger partial charge on any atom is -0.166 e. The Morgan fingerprint density at radius 1 is 0.812 bits per heavy atom. The van der Waals surface area contributed by atoms with Gasteiger partial charge in [0.25, 0.3) is 0 Å². The van der Waals surface area contributed by atoms with Crippen LogP contribution in [-0.4, -0.2) is 0 Å². The molecule has 0 radical (unpaired) electrons. The molecular formula is C8H6F6P2. The third kappa shape index (κ3) is 3.33. The molecule has 0 bridgehead atoms. The Morgan fingerprint density at radius 2 is 1.19 bits per heavy atom. The molecule has 16 heavy (non-hydrogen) atoms. The van der Waals surface area contributed by atoms with Crippen LogP contribution in [0.3, 0.4) is 0 Å². The number of alkyl halides is 6. The van der Waals surface area contributed by atoms with Crippen LogP contribution in [0.5, 0.6) is 0 Å². The molecule has 0 aliphatic rings. The predicted molar refractivity (Wildman–Crippen MR) is 54.1 cm³/mol. The molecule has 0 N–H and O–H groups in total. The molecule has 0 aromatic heterocycles. The van der Waals surface area contributed by atoms with E-state index in [-0.39, 0.29) is 19.6 Å². The SMILES string of the molecule is FC(F)(F)c1cc(PP)cc(C(F)(F)F)c1. The van der Waals surface area contributed by atoms with Crippen molar-refractivity contribution < 1.29 is 26.3 Å². The van der Waals surface area contributed by atoms with Crippen molar-refractivity contribution in [3.8, 4) is 0 Å². The number of rotatable bonds is 1. The summed E-state index contributed by atoms with van der Waals surface area (Å²) in [6.45, 7) is 0. The van der Waals surface area contributed by atoms with Crippen LogP contribution < -0.4 is 5.30 Å². The molecule has 1 rings (SSSR count). The zero-order chi connectivity index (χ0) is 12.6. The smallest absolute Gasteiger partial charge is 0.166 e. The van der Waals surface area contributed by atoms with E-state index in [1.54, 1.807) is 0 Å². The van der Waals surface area contributed by atoms with Crippen molar-refractivity contribution in [2.75, 3.05) is 0 Å². The van der Waals surface area contributed by atoms with Gasteiger partial charge in [-0.25, -0.2) is 0 Å². The molecule has 0 spiro atoms. The van der Waals surface area contributed by atoms with Crippen molar-refractivity contribution >= 4 is 22.5 Å². The molecule has 0 heterocycles. The van der Waals surface area contributed by atoms with Gasteiger partial charge in [-0.3, -0.25) is 0 Å². The quantitative estimate of drug-likeness (QED) is 0.541. The molecule has 1 aromatic carbocycles. The van der Waals surface area contributed by atoms with Crippen molar-refractivity contribution in [2.24, 2.45) is 0 Å². The summed E-state index contributed by atoms with van der Waals surface area (Å²) >= 11 is 0. The molecule has 90 valence electrons. The van der Waals surface area contributed by atoms with Gasteiger partial charge >= 0.3 is 12.4 Å². The van der Waals surface area contributed by atoms with Crippen LogP contribution in [-0.2, 0) is 12.4 Å². The van der Waals surface area contributed by atoms with Gasteiger partial charge in [-0.15, -0.1) is 8.93 Å². The Kier molecular flexibility index (Phi) is 3.86. The molecule has 0 aliphatic carbocycles. The van der Waals surface area contributed by atoms with Gasteiger partial charge in [0.05, 0.1) is 11.1 Å². The zero-order valence-corrected chi connectivity index (χ0v) is 9.73. The Bertz CT molecular complexity index is 349. The molecule has 8 heteroatoms. The minimum absolute atomic E-state index is 0.00662. The maximum Gasteiger partial charge on any atom is 0.416 e. The maximum atomic E-state index is 12.3. The molecule has 1 aromatic rings. The van der Waals surface area contributed by atoms with Gasteiger partial charge in [0.1, 0.15) is 0 Å². The van der Waals surface area contributed by atoms with E-state index in [9.17, 15) is 26.3 Å². The fourth-order valence-electron chi connectivity index (χ4n) is 1.04. The third-order valence-electron chi connectivity index (χ3n) is 1.75. The Labute approximate surface area is 91.3 Å². The highest BCUT2D eigenvalue weighted by Gasteiger charge is 2.36. The Morgan fingerprint density at radius 3 is 1.44 bits per heavy atom. The summed E-state index contributed by atoms with van der Waals surface area (Å²) in [6.07, 6.45) is -9.53. The fraction of sp³-hybridized carbons (Fsp3) is 0.250. The Hall–Kier alpha value is -0.340. The summed E-state index contributed by atoms with van der Waals surface area (Å²) < 4.78 is 73.8. The van der Waals surface area contributed by atoms with E-state index in [1.165, 1.54) is 0 Å². The van der Waals surface area contributed by atoms with Crippen molar-refractivity contribution in [2.45, 2.75) is 12.4 Å². The fourth-order valence-corrected chi connectivity index (χ4v) is 2.02. The molecular weight excluding hydrogens is 272 g/mol. The predicted octanol–water partition coefficient (Wildman–Crippen LogP) is 3.82. The lowest BCUT2D eigenvalue weighted by Crippen LogP contribution is -2.14. The second kappa shape index (κ2) is 4.50. The van der Waals surface area contributed by atoms with E-state index in [0.29, 0.717) is 0 Å². The van der Waals surface area contributed by atoms with Crippen LogP contribution in [0.15, 0.2) is 18.2 Å². The van der Waals surface area contributed by atoms with Gasteiger partial charge in [-0.1, -0.05) is 8.27 Å². The first-order chi connectivity index (χ1) is 7.14. The van der Waals surface area contributed by atoms with Gasteiger partial charge in [0.2, 0.25) is 0 Å². The number of hydrogen-bond donors (Lipinski definition) is 0. The first-order valence-corrected chi connectivity index (χ1v) is 6.71. The second-order valence-corrected chi connectivity index (χ2v) is 4.67. The molecule has 0 saturated heterocycles. The average Bonchev–Trinajstić information content (AvgIpc) is 2.14. The lowest BCUT2D eigenvalue weighted by molar-refractivity contribution is -0.142. The first kappa shape index (κ1) is 13.7. The molecule has 2 atom stereocenters. The van der Waals surface area contributed by atoms with E-state index in [4.69, 9.17) is 0 Å². The minimum atomic E-state index is -4.76. The number of benzene rings is 1. The van der Waals surface area contributed by atoms with Crippen molar-refractivity contribution in [1.82, 2.24) is 0 Å². The molecule has 0 fully saturated rings. The monoisotopic (exact) mass is 278 g/mol. The molecule has 2 unspecified atom stereocenters. The van der Waals surface area contributed by atoms with Crippen molar-refractivity contribution in [3.05, 3.63) is 29.3 Å². The van der Waals surface area contributed by atoms with E-state index < -0.39 is 23.5 Å². The lowest BCUT2D eigenvalue weighted by Gasteiger charge is -2.13. The van der Waals surface area contributed by atoms with E-state index in [0.717, 1.165) is 12.1 Å². The van der Waals surface area contributed by atoms with E-state index in [2.05, 4.69) is 8.93 Å². The van der Waals surface area contributed by atoms with Gasteiger partial charge in [0, 0.05) is 0 Å². The summed E-state index contributed by atoms with van der Waals surface area (Å²) in [5, 5.41) is 0.00662. The van der Waals surface area contributed by atoms with Crippen LogP contribution in [0.1, 0.15) is 11.1 Å². The highest BCUT2D eigenvalue weighted by molar-refractivity contribution is 8.06. The van der Waals surface area contributed by atoms with Crippen LogP contribution in [0, 0.1) is 0 Å². The van der Waals surface area contributed by atoms with E-state index in [1.807, 2.05) is 0 Å².